The highest BCUT2D eigenvalue weighted by Gasteiger charge is 2.46. The maximum atomic E-state index is 13.5. The van der Waals surface area contributed by atoms with Gasteiger partial charge < -0.3 is 15.1 Å². The van der Waals surface area contributed by atoms with E-state index >= 15 is 0 Å². The van der Waals surface area contributed by atoms with Gasteiger partial charge in [0.2, 0.25) is 5.95 Å². The van der Waals surface area contributed by atoms with Crippen LogP contribution >= 0.6 is 0 Å². The summed E-state index contributed by atoms with van der Waals surface area (Å²) in [7, 11) is 0. The second kappa shape index (κ2) is 8.38. The number of alkyl halides is 4. The van der Waals surface area contributed by atoms with E-state index in [0.29, 0.717) is 10.4 Å². The Kier molecular flexibility index (Phi) is 5.42. The predicted molar refractivity (Wildman–Crippen MR) is 131 cm³/mol. The van der Waals surface area contributed by atoms with Crippen LogP contribution < -0.4 is 16.2 Å². The lowest BCUT2D eigenvalue weighted by Crippen LogP contribution is -2.33. The van der Waals surface area contributed by atoms with Gasteiger partial charge in [0.25, 0.3) is 5.56 Å². The van der Waals surface area contributed by atoms with Crippen LogP contribution in [0.1, 0.15) is 43.5 Å². The van der Waals surface area contributed by atoms with E-state index in [-0.39, 0.29) is 34.1 Å². The largest absolute Gasteiger partial charge is 0.430 e. The van der Waals surface area contributed by atoms with E-state index in [2.05, 4.69) is 31.7 Å². The number of aromatic nitrogens is 5. The van der Waals surface area contributed by atoms with Crippen molar-refractivity contribution in [1.29, 1.82) is 0 Å². The van der Waals surface area contributed by atoms with Crippen molar-refractivity contribution in [2.75, 3.05) is 18.5 Å². The third-order valence-corrected chi connectivity index (χ3v) is 7.27. The first-order valence-electron chi connectivity index (χ1n) is 12.2. The van der Waals surface area contributed by atoms with Gasteiger partial charge in [-0.1, -0.05) is 19.9 Å². The second-order valence-corrected chi connectivity index (χ2v) is 10.6. The molecule has 4 heterocycles. The average Bonchev–Trinajstić information content (AvgIpc) is 3.35. The fraction of sp³-hybridized carbons (Fsp3) is 0.440. The number of anilines is 2. The van der Waals surface area contributed by atoms with Crippen molar-refractivity contribution in [1.82, 2.24) is 29.6 Å². The summed E-state index contributed by atoms with van der Waals surface area (Å²) in [5, 5.41) is 6.39. The molecule has 0 radical (unpaired) electrons. The summed E-state index contributed by atoms with van der Waals surface area (Å²) in [6.07, 6.45) is -0.0789. The van der Waals surface area contributed by atoms with Crippen molar-refractivity contribution in [3.8, 4) is 6.01 Å². The molecule has 0 bridgehead atoms. The van der Waals surface area contributed by atoms with E-state index in [1.165, 1.54) is 11.8 Å². The van der Waals surface area contributed by atoms with Crippen LogP contribution in [-0.2, 0) is 23.9 Å². The van der Waals surface area contributed by atoms with Crippen LogP contribution in [0.4, 0.5) is 29.2 Å². The molecule has 13 heteroatoms. The number of fused-ring (bicyclic) bond motifs is 3. The molecule has 0 atom stereocenters. The van der Waals surface area contributed by atoms with Crippen LogP contribution in [-0.4, -0.2) is 43.7 Å². The monoisotopic (exact) mass is 531 g/mol. The third kappa shape index (κ3) is 4.14. The fourth-order valence-corrected chi connectivity index (χ4v) is 4.93. The van der Waals surface area contributed by atoms with Crippen LogP contribution in [0.5, 0.6) is 0 Å². The highest BCUT2D eigenvalue weighted by atomic mass is 19.4. The van der Waals surface area contributed by atoms with Crippen LogP contribution in [0.15, 0.2) is 39.9 Å². The van der Waals surface area contributed by atoms with E-state index in [4.69, 9.17) is 4.42 Å². The van der Waals surface area contributed by atoms with Crippen LogP contribution in [0, 0.1) is 0 Å². The summed E-state index contributed by atoms with van der Waals surface area (Å²) >= 11 is 0. The Hall–Kier alpha value is -3.74. The van der Waals surface area contributed by atoms with Gasteiger partial charge in [-0.25, -0.2) is 9.67 Å². The molecule has 1 aromatic carbocycles. The zero-order valence-corrected chi connectivity index (χ0v) is 20.7. The number of rotatable bonds is 6. The number of hydrogen-bond acceptors (Lipinski definition) is 7. The molecule has 38 heavy (non-hydrogen) atoms. The van der Waals surface area contributed by atoms with E-state index in [9.17, 15) is 22.4 Å². The summed E-state index contributed by atoms with van der Waals surface area (Å²) in [4.78, 5) is 25.7. The molecule has 1 saturated carbocycles. The standard InChI is InChI=1S/C25H25F4N7O2/c1-23(2,11-26)18-10-38-22(33-18)36-19-16(20(37)35(36)13-25(27,28)29)9-31-21(34-19)32-15-3-4-17-14(7-15)8-30-12-24(17)5-6-24/h3-4,7,9-10,30H,5-6,8,11-13H2,1-2H3,(H,31,32,34). The number of oxazole rings is 1. The van der Waals surface area contributed by atoms with Crippen molar-refractivity contribution < 1.29 is 22.0 Å². The van der Waals surface area contributed by atoms with Crippen molar-refractivity contribution in [3.05, 3.63) is 57.8 Å². The first-order chi connectivity index (χ1) is 18.0. The lowest BCUT2D eigenvalue weighted by atomic mass is 9.88. The minimum Gasteiger partial charge on any atom is -0.430 e. The number of nitrogens with one attached hydrogen (secondary N) is 2. The molecule has 1 spiro atoms. The van der Waals surface area contributed by atoms with Gasteiger partial charge >= 0.3 is 12.2 Å². The maximum absolute atomic E-state index is 13.5. The molecule has 2 N–H and O–H groups in total. The minimum absolute atomic E-state index is 0.0798. The molecule has 6 rings (SSSR count). The minimum atomic E-state index is -4.71. The first-order valence-corrected chi connectivity index (χ1v) is 12.2. The fourth-order valence-electron chi connectivity index (χ4n) is 4.93. The SMILES string of the molecule is CC(C)(CF)c1coc(-n2c3nc(Nc4ccc5c(c4)CNCC54CC4)ncc3c(=O)n2CC(F)(F)F)n1. The first kappa shape index (κ1) is 24.6. The highest BCUT2D eigenvalue weighted by Crippen LogP contribution is 2.50. The van der Waals surface area contributed by atoms with E-state index < -0.39 is 30.4 Å². The van der Waals surface area contributed by atoms with Gasteiger partial charge in [-0.2, -0.15) is 27.8 Å². The smallest absolute Gasteiger partial charge is 0.408 e. The van der Waals surface area contributed by atoms with Crippen molar-refractivity contribution >= 4 is 22.7 Å². The molecule has 4 aromatic rings. The number of benzene rings is 1. The van der Waals surface area contributed by atoms with E-state index in [0.717, 1.165) is 42.4 Å². The molecule has 0 saturated heterocycles. The van der Waals surface area contributed by atoms with Gasteiger partial charge in [-0.15, -0.1) is 0 Å². The maximum Gasteiger partial charge on any atom is 0.408 e. The zero-order chi connectivity index (χ0) is 26.9. The quantitative estimate of drug-likeness (QED) is 0.359. The molecule has 3 aromatic heterocycles. The number of nitrogens with zero attached hydrogens (tertiary/aromatic N) is 5. The highest BCUT2D eigenvalue weighted by molar-refractivity contribution is 5.76. The lowest BCUT2D eigenvalue weighted by molar-refractivity contribution is -0.144. The van der Waals surface area contributed by atoms with Gasteiger partial charge in [0, 0.05) is 35.8 Å². The Morgan fingerprint density at radius 2 is 2.00 bits per heavy atom. The molecule has 1 aliphatic carbocycles. The van der Waals surface area contributed by atoms with E-state index in [1.54, 1.807) is 13.8 Å². The molecular weight excluding hydrogens is 506 g/mol. The molecule has 200 valence electrons. The van der Waals surface area contributed by atoms with Crippen molar-refractivity contribution in [2.24, 2.45) is 0 Å². The van der Waals surface area contributed by atoms with Gasteiger partial charge in [-0.05, 0) is 36.1 Å². The molecular formula is C25H25F4N7O2. The molecule has 0 amide bonds. The summed E-state index contributed by atoms with van der Waals surface area (Å²) in [5.74, 6) is 0.0798. The van der Waals surface area contributed by atoms with Crippen LogP contribution in [0.25, 0.3) is 17.0 Å². The van der Waals surface area contributed by atoms with Crippen molar-refractivity contribution in [3.63, 3.8) is 0 Å². The summed E-state index contributed by atoms with van der Waals surface area (Å²) in [5.41, 5.74) is 1.47. The Morgan fingerprint density at radius 3 is 2.71 bits per heavy atom. The van der Waals surface area contributed by atoms with Crippen LogP contribution in [0.3, 0.4) is 0 Å². The lowest BCUT2D eigenvalue weighted by Gasteiger charge is -2.26. The van der Waals surface area contributed by atoms with Gasteiger partial charge in [0.1, 0.15) is 24.9 Å². The Bertz CT molecular complexity index is 1600. The third-order valence-electron chi connectivity index (χ3n) is 7.27. The molecule has 0 unspecified atom stereocenters. The Morgan fingerprint density at radius 1 is 1.21 bits per heavy atom. The Balaban J connectivity index is 1.43. The van der Waals surface area contributed by atoms with Gasteiger partial charge in [0.15, 0.2) is 5.65 Å². The summed E-state index contributed by atoms with van der Waals surface area (Å²) < 4.78 is 60.5. The number of halogens is 4. The summed E-state index contributed by atoms with van der Waals surface area (Å²) in [6.45, 7) is 2.48. The average molecular weight is 532 g/mol. The van der Waals surface area contributed by atoms with Crippen molar-refractivity contribution in [2.45, 2.75) is 56.8 Å². The topological polar surface area (TPSA) is 103 Å². The Labute approximate surface area is 213 Å². The van der Waals surface area contributed by atoms with Gasteiger partial charge in [-0.3, -0.25) is 9.18 Å². The normalized spacial score (nSPS) is 16.7. The molecule has 9 nitrogen and oxygen atoms in total. The van der Waals surface area contributed by atoms with E-state index in [1.807, 2.05) is 12.1 Å². The molecule has 2 aliphatic rings. The second-order valence-electron chi connectivity index (χ2n) is 10.6. The predicted octanol–water partition coefficient (Wildman–Crippen LogP) is 4.26. The van der Waals surface area contributed by atoms with Gasteiger partial charge in [0.05, 0.1) is 5.69 Å². The van der Waals surface area contributed by atoms with Crippen LogP contribution in [0.2, 0.25) is 0 Å². The zero-order valence-electron chi connectivity index (χ0n) is 20.7. The number of hydrogen-bond donors (Lipinski definition) is 2. The molecule has 1 fully saturated rings. The summed E-state index contributed by atoms with van der Waals surface area (Å²) in [6, 6.07) is 5.66. The molecule has 1 aliphatic heterocycles.